The van der Waals surface area contributed by atoms with Crippen LogP contribution in [0.25, 0.3) is 11.3 Å². The first-order chi connectivity index (χ1) is 13.2. The van der Waals surface area contributed by atoms with Crippen LogP contribution in [0.4, 0.5) is 4.39 Å². The van der Waals surface area contributed by atoms with Gasteiger partial charge >= 0.3 is 5.97 Å². The first kappa shape index (κ1) is 19.8. The van der Waals surface area contributed by atoms with Crippen molar-refractivity contribution < 1.29 is 26.9 Å². The van der Waals surface area contributed by atoms with Crippen LogP contribution in [0.5, 0.6) is 0 Å². The number of rotatable bonds is 5. The molecular weight excluding hydrogens is 385 g/mol. The van der Waals surface area contributed by atoms with Crippen molar-refractivity contribution in [2.24, 2.45) is 0 Å². The molecule has 28 heavy (non-hydrogen) atoms. The minimum atomic E-state index is -3.44. The Morgan fingerprint density at radius 3 is 2.46 bits per heavy atom. The van der Waals surface area contributed by atoms with E-state index in [1.54, 1.807) is 32.0 Å². The molecule has 0 unspecified atom stereocenters. The van der Waals surface area contributed by atoms with Crippen molar-refractivity contribution >= 4 is 15.8 Å². The number of nitrogens with zero attached hydrogens (tertiary/aromatic N) is 1. The highest BCUT2D eigenvalue weighted by atomic mass is 32.2. The van der Waals surface area contributed by atoms with Gasteiger partial charge in [0.05, 0.1) is 10.5 Å². The van der Waals surface area contributed by atoms with Gasteiger partial charge in [-0.05, 0) is 55.8 Å². The van der Waals surface area contributed by atoms with Gasteiger partial charge in [0.1, 0.15) is 18.1 Å². The second-order valence-electron chi connectivity index (χ2n) is 6.42. The maximum absolute atomic E-state index is 13.1. The standard InChI is InChI=1S/C20H18FNO5S/c1-12-4-9-16(28(3,24)25)10-17(12)20(23)26-11-18-13(2)19(27-22-18)14-5-7-15(21)8-6-14/h4-10H,11H2,1-3H3. The molecule has 0 aliphatic rings. The summed E-state index contributed by atoms with van der Waals surface area (Å²) >= 11 is 0. The number of carbonyl (C=O) groups is 1. The van der Waals surface area contributed by atoms with Gasteiger partial charge in [-0.15, -0.1) is 0 Å². The fraction of sp³-hybridized carbons (Fsp3) is 0.200. The zero-order chi connectivity index (χ0) is 20.5. The number of benzene rings is 2. The molecule has 1 heterocycles. The van der Waals surface area contributed by atoms with Gasteiger partial charge in [-0.1, -0.05) is 11.2 Å². The Labute approximate surface area is 161 Å². The Morgan fingerprint density at radius 1 is 1.14 bits per heavy atom. The van der Waals surface area contributed by atoms with Crippen molar-refractivity contribution in [2.45, 2.75) is 25.3 Å². The summed E-state index contributed by atoms with van der Waals surface area (Å²) in [5.41, 5.74) is 2.51. The lowest BCUT2D eigenvalue weighted by Gasteiger charge is -2.08. The van der Waals surface area contributed by atoms with E-state index in [1.165, 1.54) is 24.3 Å². The Balaban J connectivity index is 1.78. The molecule has 0 aliphatic carbocycles. The van der Waals surface area contributed by atoms with E-state index in [0.29, 0.717) is 28.1 Å². The van der Waals surface area contributed by atoms with Gasteiger partial charge in [-0.2, -0.15) is 0 Å². The van der Waals surface area contributed by atoms with Crippen LogP contribution in [0.15, 0.2) is 51.9 Å². The minimum Gasteiger partial charge on any atom is -0.455 e. The van der Waals surface area contributed by atoms with E-state index in [4.69, 9.17) is 9.26 Å². The maximum Gasteiger partial charge on any atom is 0.338 e. The van der Waals surface area contributed by atoms with Gasteiger partial charge < -0.3 is 9.26 Å². The van der Waals surface area contributed by atoms with E-state index >= 15 is 0 Å². The fourth-order valence-electron chi connectivity index (χ4n) is 2.64. The molecule has 3 aromatic rings. The van der Waals surface area contributed by atoms with E-state index < -0.39 is 15.8 Å². The molecule has 0 aliphatic heterocycles. The zero-order valence-corrected chi connectivity index (χ0v) is 16.3. The van der Waals surface area contributed by atoms with Gasteiger partial charge in [0.2, 0.25) is 0 Å². The maximum atomic E-state index is 13.1. The van der Waals surface area contributed by atoms with Crippen molar-refractivity contribution in [3.05, 3.63) is 70.7 Å². The predicted octanol–water partition coefficient (Wildman–Crippen LogP) is 3.86. The number of hydrogen-bond acceptors (Lipinski definition) is 6. The Bertz CT molecular complexity index is 1130. The summed E-state index contributed by atoms with van der Waals surface area (Å²) < 4.78 is 47.1. The summed E-state index contributed by atoms with van der Waals surface area (Å²) in [5, 5.41) is 3.92. The molecule has 0 saturated carbocycles. The van der Waals surface area contributed by atoms with Gasteiger partial charge in [-0.3, -0.25) is 0 Å². The number of ether oxygens (including phenoxy) is 1. The van der Waals surface area contributed by atoms with Crippen LogP contribution in [0, 0.1) is 19.7 Å². The lowest BCUT2D eigenvalue weighted by molar-refractivity contribution is 0.0462. The first-order valence-electron chi connectivity index (χ1n) is 8.35. The molecule has 2 aromatic carbocycles. The summed E-state index contributed by atoms with van der Waals surface area (Å²) in [7, 11) is -3.44. The number of aryl methyl sites for hydroxylation is 1. The van der Waals surface area contributed by atoms with Crippen molar-refractivity contribution in [1.82, 2.24) is 5.16 Å². The zero-order valence-electron chi connectivity index (χ0n) is 15.5. The lowest BCUT2D eigenvalue weighted by Crippen LogP contribution is -2.09. The molecule has 8 heteroatoms. The molecule has 6 nitrogen and oxygen atoms in total. The second kappa shape index (κ2) is 7.55. The smallest absolute Gasteiger partial charge is 0.338 e. The summed E-state index contributed by atoms with van der Waals surface area (Å²) in [6.45, 7) is 3.31. The molecule has 3 rings (SSSR count). The monoisotopic (exact) mass is 403 g/mol. The van der Waals surface area contributed by atoms with Crippen molar-refractivity contribution in [2.75, 3.05) is 6.26 Å². The average molecular weight is 403 g/mol. The second-order valence-corrected chi connectivity index (χ2v) is 8.43. The summed E-state index contributed by atoms with van der Waals surface area (Å²) in [6.07, 6.45) is 1.07. The van der Waals surface area contributed by atoms with E-state index in [0.717, 1.165) is 6.26 Å². The molecule has 0 N–H and O–H groups in total. The van der Waals surface area contributed by atoms with E-state index in [9.17, 15) is 17.6 Å². The van der Waals surface area contributed by atoms with Gasteiger partial charge in [-0.25, -0.2) is 17.6 Å². The number of halogens is 1. The van der Waals surface area contributed by atoms with Crippen molar-refractivity contribution in [1.29, 1.82) is 0 Å². The molecule has 0 atom stereocenters. The Morgan fingerprint density at radius 2 is 1.82 bits per heavy atom. The van der Waals surface area contributed by atoms with E-state index in [2.05, 4.69) is 5.16 Å². The van der Waals surface area contributed by atoms with Crippen LogP contribution >= 0.6 is 0 Å². The summed E-state index contributed by atoms with van der Waals surface area (Å²) in [5.74, 6) is -0.559. The van der Waals surface area contributed by atoms with Crippen LogP contribution in [0.3, 0.4) is 0 Å². The van der Waals surface area contributed by atoms with Gasteiger partial charge in [0.15, 0.2) is 15.6 Å². The number of sulfone groups is 1. The highest BCUT2D eigenvalue weighted by molar-refractivity contribution is 7.90. The van der Waals surface area contributed by atoms with Crippen LogP contribution in [-0.2, 0) is 21.2 Å². The topological polar surface area (TPSA) is 86.5 Å². The third-order valence-corrected chi connectivity index (χ3v) is 5.43. The van der Waals surface area contributed by atoms with Gasteiger partial charge in [0.25, 0.3) is 0 Å². The van der Waals surface area contributed by atoms with Crippen LogP contribution in [0.1, 0.15) is 27.2 Å². The first-order valence-corrected chi connectivity index (χ1v) is 10.2. The van der Waals surface area contributed by atoms with Gasteiger partial charge in [0, 0.05) is 17.4 Å². The highest BCUT2D eigenvalue weighted by Crippen LogP contribution is 2.26. The normalized spacial score (nSPS) is 11.4. The number of aromatic nitrogens is 1. The largest absolute Gasteiger partial charge is 0.455 e. The number of esters is 1. The third kappa shape index (κ3) is 4.12. The molecule has 0 saturated heterocycles. The third-order valence-electron chi connectivity index (χ3n) is 4.32. The summed E-state index contributed by atoms with van der Waals surface area (Å²) in [6, 6.07) is 10.1. The molecule has 1 aromatic heterocycles. The number of hydrogen-bond donors (Lipinski definition) is 0. The van der Waals surface area contributed by atoms with Crippen molar-refractivity contribution in [3.63, 3.8) is 0 Å². The van der Waals surface area contributed by atoms with Crippen LogP contribution in [0.2, 0.25) is 0 Å². The quantitative estimate of drug-likeness (QED) is 0.602. The SMILES string of the molecule is Cc1ccc(S(C)(=O)=O)cc1C(=O)OCc1noc(-c2ccc(F)cc2)c1C. The predicted molar refractivity (Wildman–Crippen MR) is 100 cm³/mol. The van der Waals surface area contributed by atoms with Crippen LogP contribution < -0.4 is 0 Å². The molecular formula is C20H18FNO5S. The molecule has 146 valence electrons. The minimum absolute atomic E-state index is 0.0428. The highest BCUT2D eigenvalue weighted by Gasteiger charge is 2.19. The van der Waals surface area contributed by atoms with Crippen LogP contribution in [-0.4, -0.2) is 25.8 Å². The van der Waals surface area contributed by atoms with E-state index in [1.807, 2.05) is 0 Å². The molecule has 0 bridgehead atoms. The van der Waals surface area contributed by atoms with E-state index in [-0.39, 0.29) is 22.9 Å². The lowest BCUT2D eigenvalue weighted by atomic mass is 10.1. The number of carbonyl (C=O) groups excluding carboxylic acids is 1. The fourth-order valence-corrected chi connectivity index (χ4v) is 3.28. The average Bonchev–Trinajstić information content (AvgIpc) is 3.00. The molecule has 0 fully saturated rings. The molecule has 0 radical (unpaired) electrons. The summed E-state index contributed by atoms with van der Waals surface area (Å²) in [4.78, 5) is 12.5. The molecule has 0 amide bonds. The Kier molecular flexibility index (Phi) is 5.33. The molecule has 0 spiro atoms. The Hall–Kier alpha value is -3.00. The van der Waals surface area contributed by atoms with Crippen molar-refractivity contribution in [3.8, 4) is 11.3 Å².